The molecule has 0 radical (unpaired) electrons. The molecule has 0 aromatic carbocycles. The van der Waals surface area contributed by atoms with E-state index in [2.05, 4.69) is 5.43 Å². The number of nitrogens with one attached hydrogen (secondary N) is 1. The zero-order valence-corrected chi connectivity index (χ0v) is 10.7. The van der Waals surface area contributed by atoms with E-state index in [1.165, 1.54) is 44.9 Å². The van der Waals surface area contributed by atoms with Crippen LogP contribution in [0, 0.1) is 0 Å². The zero-order chi connectivity index (χ0) is 11.9. The van der Waals surface area contributed by atoms with Gasteiger partial charge in [-0.15, -0.1) is 0 Å². The van der Waals surface area contributed by atoms with Gasteiger partial charge in [0.05, 0.1) is 12.1 Å². The average Bonchev–Trinajstić information content (AvgIpc) is 2.71. The van der Waals surface area contributed by atoms with Crippen LogP contribution in [-0.2, 0) is 4.74 Å². The molecule has 17 heavy (non-hydrogen) atoms. The highest BCUT2D eigenvalue weighted by atomic mass is 16.5. The smallest absolute Gasteiger partial charge is 0.113 e. The van der Waals surface area contributed by atoms with E-state index in [1.807, 2.05) is 0 Å². The van der Waals surface area contributed by atoms with Crippen molar-refractivity contribution < 1.29 is 4.74 Å². The molecule has 2 fully saturated rings. The maximum Gasteiger partial charge on any atom is 0.113 e. The first-order chi connectivity index (χ1) is 8.38. The molecule has 1 saturated heterocycles. The van der Waals surface area contributed by atoms with Gasteiger partial charge in [0.2, 0.25) is 0 Å². The molecule has 0 aromatic rings. The van der Waals surface area contributed by atoms with E-state index in [4.69, 9.17) is 15.6 Å². The van der Waals surface area contributed by atoms with Gasteiger partial charge in [-0.3, -0.25) is 4.99 Å². The van der Waals surface area contributed by atoms with Crippen LogP contribution >= 0.6 is 0 Å². The topological polar surface area (TPSA) is 59.6 Å². The first-order valence-corrected chi connectivity index (χ1v) is 7.03. The Kier molecular flexibility index (Phi) is 5.26. The summed E-state index contributed by atoms with van der Waals surface area (Å²) in [5.74, 6) is 6.50. The van der Waals surface area contributed by atoms with Crippen molar-refractivity contribution in [2.24, 2.45) is 10.8 Å². The SMILES string of the molecule is NNC(CC1CCCO1)=NC1CCCCCC1. The summed E-state index contributed by atoms with van der Waals surface area (Å²) in [5, 5.41) is 0. The van der Waals surface area contributed by atoms with Crippen molar-refractivity contribution in [3.8, 4) is 0 Å². The van der Waals surface area contributed by atoms with Gasteiger partial charge in [0.1, 0.15) is 5.84 Å². The highest BCUT2D eigenvalue weighted by molar-refractivity contribution is 5.82. The molecule has 2 rings (SSSR count). The summed E-state index contributed by atoms with van der Waals surface area (Å²) in [5.41, 5.74) is 2.77. The van der Waals surface area contributed by atoms with Gasteiger partial charge in [-0.05, 0) is 25.7 Å². The molecule has 1 unspecified atom stereocenters. The summed E-state index contributed by atoms with van der Waals surface area (Å²) < 4.78 is 5.62. The van der Waals surface area contributed by atoms with Crippen LogP contribution in [0.3, 0.4) is 0 Å². The number of ether oxygens (including phenoxy) is 1. The summed E-state index contributed by atoms with van der Waals surface area (Å²) in [7, 11) is 0. The fourth-order valence-electron chi connectivity index (χ4n) is 2.78. The second-order valence-corrected chi connectivity index (χ2v) is 5.20. The van der Waals surface area contributed by atoms with Crippen molar-refractivity contribution in [2.45, 2.75) is 69.9 Å². The molecule has 3 N–H and O–H groups in total. The van der Waals surface area contributed by atoms with Crippen molar-refractivity contribution in [1.82, 2.24) is 5.43 Å². The maximum absolute atomic E-state index is 5.62. The molecule has 1 atom stereocenters. The van der Waals surface area contributed by atoms with Crippen molar-refractivity contribution in [3.05, 3.63) is 0 Å². The number of hydrazine groups is 1. The van der Waals surface area contributed by atoms with Crippen LogP contribution in [0.25, 0.3) is 0 Å². The molecular weight excluding hydrogens is 214 g/mol. The van der Waals surface area contributed by atoms with Crippen LogP contribution in [-0.4, -0.2) is 24.6 Å². The monoisotopic (exact) mass is 239 g/mol. The highest BCUT2D eigenvalue weighted by Crippen LogP contribution is 2.21. The number of amidine groups is 1. The van der Waals surface area contributed by atoms with Crippen LogP contribution in [0.15, 0.2) is 4.99 Å². The molecule has 1 saturated carbocycles. The second kappa shape index (κ2) is 6.97. The van der Waals surface area contributed by atoms with Crippen molar-refractivity contribution >= 4 is 5.84 Å². The van der Waals surface area contributed by atoms with Crippen molar-refractivity contribution in [3.63, 3.8) is 0 Å². The Morgan fingerprint density at radius 2 is 1.88 bits per heavy atom. The third-order valence-electron chi connectivity index (χ3n) is 3.77. The highest BCUT2D eigenvalue weighted by Gasteiger charge is 2.19. The predicted octanol–water partition coefficient (Wildman–Crippen LogP) is 2.14. The predicted molar refractivity (Wildman–Crippen MR) is 69.8 cm³/mol. The molecular formula is C13H25N3O. The normalized spacial score (nSPS) is 28.1. The Bertz CT molecular complexity index is 241. The second-order valence-electron chi connectivity index (χ2n) is 5.20. The molecule has 98 valence electrons. The van der Waals surface area contributed by atoms with E-state index in [9.17, 15) is 0 Å². The van der Waals surface area contributed by atoms with Crippen LogP contribution in [0.5, 0.6) is 0 Å². The fraction of sp³-hybridized carbons (Fsp3) is 0.923. The molecule has 0 bridgehead atoms. The molecule has 1 aliphatic carbocycles. The minimum atomic E-state index is 0.329. The van der Waals surface area contributed by atoms with Gasteiger partial charge < -0.3 is 10.2 Å². The largest absolute Gasteiger partial charge is 0.378 e. The standard InChI is InChI=1S/C13H25N3O/c14-16-13(10-12-8-5-9-17-12)15-11-6-3-1-2-4-7-11/h11-12H,1-10,14H2,(H,15,16). The van der Waals surface area contributed by atoms with Crippen LogP contribution < -0.4 is 11.3 Å². The van der Waals surface area contributed by atoms with Crippen LogP contribution in [0.4, 0.5) is 0 Å². The van der Waals surface area contributed by atoms with Crippen LogP contribution in [0.1, 0.15) is 57.8 Å². The number of rotatable bonds is 3. The van der Waals surface area contributed by atoms with Crippen molar-refractivity contribution in [1.29, 1.82) is 0 Å². The molecule has 0 amide bonds. The summed E-state index contributed by atoms with van der Waals surface area (Å²) in [6.07, 6.45) is 11.3. The lowest BCUT2D eigenvalue weighted by atomic mass is 10.1. The van der Waals surface area contributed by atoms with Gasteiger partial charge in [0.15, 0.2) is 0 Å². The molecule has 0 aromatic heterocycles. The lowest BCUT2D eigenvalue weighted by molar-refractivity contribution is 0.116. The van der Waals surface area contributed by atoms with Crippen molar-refractivity contribution in [2.75, 3.05) is 6.61 Å². The van der Waals surface area contributed by atoms with E-state index < -0.39 is 0 Å². The molecule has 4 heteroatoms. The van der Waals surface area contributed by atoms with Gasteiger partial charge >= 0.3 is 0 Å². The van der Waals surface area contributed by atoms with Gasteiger partial charge in [-0.25, -0.2) is 5.84 Å². The molecule has 4 nitrogen and oxygen atoms in total. The Morgan fingerprint density at radius 3 is 2.47 bits per heavy atom. The Morgan fingerprint density at radius 1 is 1.12 bits per heavy atom. The number of hydrogen-bond donors (Lipinski definition) is 2. The maximum atomic E-state index is 5.62. The fourth-order valence-corrected chi connectivity index (χ4v) is 2.78. The molecule has 2 aliphatic rings. The van der Waals surface area contributed by atoms with Crippen LogP contribution in [0.2, 0.25) is 0 Å². The number of nitrogens with two attached hydrogens (primary N) is 1. The number of nitrogens with zero attached hydrogens (tertiary/aromatic N) is 1. The minimum absolute atomic E-state index is 0.329. The summed E-state index contributed by atoms with van der Waals surface area (Å²) in [6, 6.07) is 0.477. The van der Waals surface area contributed by atoms with Gasteiger partial charge in [-0.2, -0.15) is 0 Å². The summed E-state index contributed by atoms with van der Waals surface area (Å²) in [6.45, 7) is 0.895. The first kappa shape index (κ1) is 12.8. The molecule has 1 aliphatic heterocycles. The third kappa shape index (κ3) is 4.28. The average molecular weight is 239 g/mol. The summed E-state index contributed by atoms with van der Waals surface area (Å²) >= 11 is 0. The quantitative estimate of drug-likeness (QED) is 0.261. The molecule has 0 spiro atoms. The van der Waals surface area contributed by atoms with E-state index in [1.54, 1.807) is 0 Å². The Hall–Kier alpha value is -0.610. The molecule has 1 heterocycles. The lowest BCUT2D eigenvalue weighted by Crippen LogP contribution is -2.34. The Labute approximate surface area is 104 Å². The van der Waals surface area contributed by atoms with E-state index in [-0.39, 0.29) is 0 Å². The number of aliphatic imine (C=N–C) groups is 1. The van der Waals surface area contributed by atoms with E-state index >= 15 is 0 Å². The van der Waals surface area contributed by atoms with Gasteiger partial charge in [-0.1, -0.05) is 25.7 Å². The van der Waals surface area contributed by atoms with E-state index in [0.717, 1.165) is 25.3 Å². The first-order valence-electron chi connectivity index (χ1n) is 7.03. The van der Waals surface area contributed by atoms with Gasteiger partial charge in [0.25, 0.3) is 0 Å². The lowest BCUT2D eigenvalue weighted by Gasteiger charge is -2.15. The van der Waals surface area contributed by atoms with Gasteiger partial charge in [0, 0.05) is 13.0 Å². The zero-order valence-electron chi connectivity index (χ0n) is 10.7. The third-order valence-corrected chi connectivity index (χ3v) is 3.77. The minimum Gasteiger partial charge on any atom is -0.378 e. The Balaban J connectivity index is 1.85. The number of hydrogen-bond acceptors (Lipinski definition) is 3. The van der Waals surface area contributed by atoms with E-state index in [0.29, 0.717) is 12.1 Å². The summed E-state index contributed by atoms with van der Waals surface area (Å²) in [4.78, 5) is 4.78.